The normalized spacial score (nSPS) is 12.9. The van der Waals surface area contributed by atoms with E-state index >= 15 is 0 Å². The van der Waals surface area contributed by atoms with Crippen LogP contribution in [0.25, 0.3) is 0 Å². The van der Waals surface area contributed by atoms with Crippen molar-refractivity contribution in [3.8, 4) is 0 Å². The fourth-order valence-electron chi connectivity index (χ4n) is 0.992. The molecule has 0 aliphatic heterocycles. The summed E-state index contributed by atoms with van der Waals surface area (Å²) in [7, 11) is -1.06. The third-order valence-corrected chi connectivity index (χ3v) is 7.82. The maximum Gasteiger partial charge on any atom is 0.454 e. The van der Waals surface area contributed by atoms with Gasteiger partial charge >= 0.3 is 7.75 Å². The highest BCUT2D eigenvalue weighted by atomic mass is 31.2. The summed E-state index contributed by atoms with van der Waals surface area (Å²) < 4.78 is 30.8. The van der Waals surface area contributed by atoms with Crippen molar-refractivity contribution in [3.63, 3.8) is 0 Å². The Balaban J connectivity index is 5.17. The molecule has 7 heteroatoms. The van der Waals surface area contributed by atoms with E-state index in [1.807, 2.05) is 13.8 Å². The van der Waals surface area contributed by atoms with E-state index in [1.165, 1.54) is 14.2 Å². The molecule has 86 valence electrons. The van der Waals surface area contributed by atoms with Crippen molar-refractivity contribution in [1.82, 2.24) is 0 Å². The Bertz CT molecular complexity index is 239. The van der Waals surface area contributed by atoms with Gasteiger partial charge in [0, 0.05) is 33.7 Å². The monoisotopic (exact) mass is 243 g/mol. The molecule has 0 aliphatic carbocycles. The summed E-state index contributed by atoms with van der Waals surface area (Å²) in [4.78, 5) is 0. The molecular weight excluding hydrogens is 224 g/mol. The molecule has 0 aromatic heterocycles. The summed E-state index contributed by atoms with van der Waals surface area (Å²) in [6.07, 6.45) is 1.47. The maximum atomic E-state index is 11.8. The molecule has 0 amide bonds. The number of hydrogen-bond acceptors (Lipinski definition) is 4. The van der Waals surface area contributed by atoms with Gasteiger partial charge in [0.25, 0.3) is 0 Å². The van der Waals surface area contributed by atoms with Gasteiger partial charge in [-0.05, 0) is 0 Å². The van der Waals surface area contributed by atoms with Crippen LogP contribution >= 0.6 is 15.0 Å². The number of hydrogen-bond donors (Lipinski definition) is 0. The van der Waals surface area contributed by atoms with Crippen molar-refractivity contribution in [3.05, 3.63) is 0 Å². The van der Waals surface area contributed by atoms with Gasteiger partial charge in [0.2, 0.25) is 0 Å². The van der Waals surface area contributed by atoms with Gasteiger partial charge in [-0.25, -0.2) is 4.57 Å². The van der Waals surface area contributed by atoms with E-state index in [2.05, 4.69) is 4.52 Å². The fraction of sp³-hybridized carbons (Fsp3) is 1.00. The van der Waals surface area contributed by atoms with Crippen LogP contribution in [0, 0.1) is 0 Å². The highest BCUT2D eigenvalue weighted by Gasteiger charge is 2.26. The van der Waals surface area contributed by atoms with Crippen molar-refractivity contribution >= 4 is 15.0 Å². The predicted molar refractivity (Wildman–Crippen MR) is 59.1 cm³/mol. The average Bonchev–Trinajstić information content (AvgIpc) is 2.26. The second-order valence-corrected chi connectivity index (χ2v) is 8.29. The van der Waals surface area contributed by atoms with Crippen LogP contribution in [-0.4, -0.2) is 33.7 Å². The Hall–Kier alpha value is 0.340. The minimum absolute atomic E-state index is 0.733. The number of rotatable bonds is 6. The minimum atomic E-state index is -3.30. The van der Waals surface area contributed by atoms with Crippen LogP contribution in [0.4, 0.5) is 0 Å². The Morgan fingerprint density at radius 3 is 1.64 bits per heavy atom. The molecule has 0 N–H and O–H groups in total. The van der Waals surface area contributed by atoms with E-state index in [9.17, 15) is 4.57 Å². The van der Waals surface area contributed by atoms with Gasteiger partial charge in [-0.2, -0.15) is 4.52 Å². The van der Waals surface area contributed by atoms with Crippen LogP contribution in [0.2, 0.25) is 0 Å². The molecule has 5 nitrogen and oxygen atoms in total. The highest BCUT2D eigenvalue weighted by Crippen LogP contribution is 2.62. The second kappa shape index (κ2) is 6.04. The van der Waals surface area contributed by atoms with Crippen molar-refractivity contribution < 1.29 is 18.1 Å². The second-order valence-electron chi connectivity index (χ2n) is 2.58. The molecule has 0 radical (unpaired) electrons. The van der Waals surface area contributed by atoms with Crippen molar-refractivity contribution in [1.29, 1.82) is 0 Å². The lowest BCUT2D eigenvalue weighted by molar-refractivity contribution is 0.277. The largest absolute Gasteiger partial charge is 0.454 e. The Morgan fingerprint density at radius 1 is 1.00 bits per heavy atom. The van der Waals surface area contributed by atoms with E-state index in [-0.39, 0.29) is 0 Å². The molecule has 0 heterocycles. The van der Waals surface area contributed by atoms with E-state index in [4.69, 9.17) is 13.6 Å². The Kier molecular flexibility index (Phi) is 6.19. The third-order valence-electron chi connectivity index (χ3n) is 2.06. The summed E-state index contributed by atoms with van der Waals surface area (Å²) in [5, 5.41) is 0. The summed E-state index contributed by atoms with van der Waals surface area (Å²) in [5.74, 6) is 0. The van der Waals surface area contributed by atoms with Crippen molar-refractivity contribution in [2.45, 2.75) is 13.8 Å². The molecule has 14 heavy (non-hydrogen) atoms. The first kappa shape index (κ1) is 14.3. The molecule has 0 saturated carbocycles. The van der Waals surface area contributed by atoms with E-state index in [0.29, 0.717) is 0 Å². The topological polar surface area (TPSA) is 57.1 Å². The Labute approximate surface area is 85.9 Å². The first-order valence-electron chi connectivity index (χ1n) is 4.40. The van der Waals surface area contributed by atoms with Gasteiger partial charge in [-0.1, -0.05) is 13.8 Å². The lowest BCUT2D eigenvalue weighted by Crippen LogP contribution is -1.94. The van der Waals surface area contributed by atoms with Crippen molar-refractivity contribution in [2.75, 3.05) is 33.7 Å². The zero-order valence-electron chi connectivity index (χ0n) is 9.39. The van der Waals surface area contributed by atoms with Gasteiger partial charge in [-0.3, -0.25) is 9.05 Å². The molecule has 0 aliphatic rings. The van der Waals surface area contributed by atoms with E-state index in [0.717, 1.165) is 12.3 Å². The maximum absolute atomic E-state index is 11.8. The van der Waals surface area contributed by atoms with Gasteiger partial charge in [0.15, 0.2) is 0 Å². The predicted octanol–water partition coefficient (Wildman–Crippen LogP) is 3.19. The molecule has 0 unspecified atom stereocenters. The average molecular weight is 243 g/mol. The van der Waals surface area contributed by atoms with Crippen LogP contribution in [0.3, 0.4) is 0 Å². The van der Waals surface area contributed by atoms with Crippen molar-refractivity contribution in [2.24, 2.45) is 4.52 Å². The summed E-state index contributed by atoms with van der Waals surface area (Å²) >= 11 is 0. The first-order chi connectivity index (χ1) is 6.51. The lowest BCUT2D eigenvalue weighted by Gasteiger charge is -2.21. The molecule has 0 bridgehead atoms. The van der Waals surface area contributed by atoms with Crippen LogP contribution < -0.4 is 0 Å². The first-order valence-corrected chi connectivity index (χ1v) is 7.93. The van der Waals surface area contributed by atoms with Gasteiger partial charge in [0.05, 0.1) is 7.28 Å². The summed E-state index contributed by atoms with van der Waals surface area (Å²) in [5.41, 5.74) is 0. The van der Waals surface area contributed by atoms with Crippen LogP contribution in [-0.2, 0) is 18.1 Å². The lowest BCUT2D eigenvalue weighted by atomic mass is 11.0. The number of nitrogens with zero attached hydrogens (tertiary/aromatic N) is 1. The molecule has 0 spiro atoms. The quantitative estimate of drug-likeness (QED) is 0.672. The van der Waals surface area contributed by atoms with E-state index < -0.39 is 15.0 Å². The molecule has 0 aromatic carbocycles. The van der Waals surface area contributed by atoms with Gasteiger partial charge in [-0.15, -0.1) is 0 Å². The van der Waals surface area contributed by atoms with Crippen LogP contribution in [0.1, 0.15) is 13.8 Å². The zero-order valence-corrected chi connectivity index (χ0v) is 11.2. The zero-order chi connectivity index (χ0) is 11.2. The van der Waals surface area contributed by atoms with E-state index in [1.54, 1.807) is 7.11 Å². The summed E-state index contributed by atoms with van der Waals surface area (Å²) in [6.45, 7) is 3.92. The molecule has 0 atom stereocenters. The van der Waals surface area contributed by atoms with Crippen LogP contribution in [0.5, 0.6) is 0 Å². The molecule has 0 saturated heterocycles. The summed E-state index contributed by atoms with van der Waals surface area (Å²) in [6, 6.07) is 0. The molecule has 0 fully saturated rings. The Morgan fingerprint density at radius 2 is 1.43 bits per heavy atom. The molecule has 0 aromatic rings. The highest BCUT2D eigenvalue weighted by molar-refractivity contribution is 7.69. The van der Waals surface area contributed by atoms with Gasteiger partial charge < -0.3 is 4.52 Å². The third kappa shape index (κ3) is 3.48. The van der Waals surface area contributed by atoms with Gasteiger partial charge in [0.1, 0.15) is 0 Å². The minimum Gasteiger partial charge on any atom is -0.347 e. The SMILES string of the molecule is CCP(CC)(=NP(=O)(OC)OC)OC. The smallest absolute Gasteiger partial charge is 0.347 e. The van der Waals surface area contributed by atoms with Crippen LogP contribution in [0.15, 0.2) is 4.52 Å². The standard InChI is InChI=1S/C7H19NO4P2/c1-6-13(7-2,10-3)8-14(9,11-4)12-5/h6-7H2,1-5H3. The molecular formula is C7H19NO4P2. The molecule has 0 rings (SSSR count). The fourth-order valence-corrected chi connectivity index (χ4v) is 5.59.